The van der Waals surface area contributed by atoms with Gasteiger partial charge in [-0.3, -0.25) is 14.4 Å². The molecule has 0 saturated carbocycles. The van der Waals surface area contributed by atoms with Crippen LogP contribution in [0.1, 0.15) is 26.5 Å². The number of hydrogen-bond acceptors (Lipinski definition) is 7. The number of carbonyl (C=O) groups excluding carboxylic acids is 3. The summed E-state index contributed by atoms with van der Waals surface area (Å²) in [6.07, 6.45) is 2.84. The van der Waals surface area contributed by atoms with Gasteiger partial charge in [-0.05, 0) is 12.8 Å². The van der Waals surface area contributed by atoms with Crippen LogP contribution in [0.4, 0.5) is 0 Å². The van der Waals surface area contributed by atoms with Crippen molar-refractivity contribution in [2.75, 3.05) is 5.75 Å². The molecule has 7 N–H and O–H groups in total. The molecule has 1 aromatic heterocycles. The maximum Gasteiger partial charge on any atom is 0.326 e. The lowest BCUT2D eigenvalue weighted by Gasteiger charge is -2.23. The van der Waals surface area contributed by atoms with Gasteiger partial charge in [0.05, 0.1) is 12.4 Å². The number of aromatic amines is 1. The highest BCUT2D eigenvalue weighted by Crippen LogP contribution is 2.02. The van der Waals surface area contributed by atoms with E-state index < -0.39 is 47.9 Å². The number of nitrogens with zero attached hydrogens (tertiary/aromatic N) is 1. The minimum Gasteiger partial charge on any atom is -0.480 e. The molecule has 0 bridgehead atoms. The highest BCUT2D eigenvalue weighted by atomic mass is 32.1. The molecule has 0 fully saturated rings. The largest absolute Gasteiger partial charge is 0.480 e. The summed E-state index contributed by atoms with van der Waals surface area (Å²) in [5, 5.41) is 16.6. The molecule has 1 aromatic rings. The molecule has 1 rings (SSSR count). The molecule has 0 spiro atoms. The van der Waals surface area contributed by atoms with Crippen molar-refractivity contribution in [1.29, 1.82) is 0 Å². The summed E-state index contributed by atoms with van der Waals surface area (Å²) in [6.45, 7) is 5.00. The van der Waals surface area contributed by atoms with Gasteiger partial charge in [-0.25, -0.2) is 9.78 Å². The number of carboxylic acid groups (broad SMARTS) is 1. The number of carboxylic acids is 1. The first kappa shape index (κ1) is 24.4. The summed E-state index contributed by atoms with van der Waals surface area (Å²) in [6, 6.07) is -4.02. The number of aromatic nitrogens is 2. The molecule has 0 aliphatic carbocycles. The normalized spacial score (nSPS) is 15.1. The Bertz CT molecular complexity index is 711. The van der Waals surface area contributed by atoms with Gasteiger partial charge in [0.1, 0.15) is 18.1 Å². The molecule has 4 unspecified atom stereocenters. The number of aliphatic carboxylic acids is 1. The summed E-state index contributed by atoms with van der Waals surface area (Å²) >= 11 is 4.04. The third-order valence-corrected chi connectivity index (χ3v) is 4.55. The van der Waals surface area contributed by atoms with Crippen molar-refractivity contribution in [3.63, 3.8) is 0 Å². The molecular formula is C17H28N6O5S. The van der Waals surface area contributed by atoms with Crippen molar-refractivity contribution in [2.45, 2.75) is 51.4 Å². The van der Waals surface area contributed by atoms with E-state index in [0.29, 0.717) is 5.69 Å². The number of H-pyrrole nitrogens is 1. The molecule has 0 aliphatic rings. The number of rotatable bonds is 11. The van der Waals surface area contributed by atoms with Crippen LogP contribution in [0.2, 0.25) is 0 Å². The second-order valence-electron chi connectivity index (χ2n) is 6.92. The second kappa shape index (κ2) is 11.4. The minimum absolute atomic E-state index is 0.00609. The predicted octanol–water partition coefficient (Wildman–Crippen LogP) is -1.58. The fourth-order valence-corrected chi connectivity index (χ4v) is 2.51. The average Bonchev–Trinajstić information content (AvgIpc) is 3.17. The van der Waals surface area contributed by atoms with Crippen molar-refractivity contribution in [3.8, 4) is 0 Å². The van der Waals surface area contributed by atoms with Gasteiger partial charge in [-0.2, -0.15) is 12.6 Å². The van der Waals surface area contributed by atoms with Crippen LogP contribution in [-0.2, 0) is 25.6 Å². The Morgan fingerprint density at radius 2 is 1.72 bits per heavy atom. The molecule has 4 atom stereocenters. The van der Waals surface area contributed by atoms with Crippen LogP contribution in [0.15, 0.2) is 12.5 Å². The summed E-state index contributed by atoms with van der Waals surface area (Å²) < 4.78 is 0. The van der Waals surface area contributed by atoms with Crippen LogP contribution < -0.4 is 21.7 Å². The van der Waals surface area contributed by atoms with E-state index in [2.05, 4.69) is 38.5 Å². The first-order valence-corrected chi connectivity index (χ1v) is 9.67. The van der Waals surface area contributed by atoms with Gasteiger partial charge in [0.2, 0.25) is 17.7 Å². The quantitative estimate of drug-likeness (QED) is 0.208. The van der Waals surface area contributed by atoms with Crippen LogP contribution in [0.25, 0.3) is 0 Å². The van der Waals surface area contributed by atoms with E-state index in [-0.39, 0.29) is 18.1 Å². The molecular weight excluding hydrogens is 400 g/mol. The zero-order valence-electron chi connectivity index (χ0n) is 16.5. The van der Waals surface area contributed by atoms with Gasteiger partial charge in [0, 0.05) is 24.1 Å². The smallest absolute Gasteiger partial charge is 0.326 e. The monoisotopic (exact) mass is 428 g/mol. The number of carbonyl (C=O) groups is 4. The number of nitrogens with one attached hydrogen (secondary N) is 4. The Labute approximate surface area is 174 Å². The second-order valence-corrected chi connectivity index (χ2v) is 7.29. The molecule has 29 heavy (non-hydrogen) atoms. The maximum atomic E-state index is 12.4. The van der Waals surface area contributed by atoms with E-state index in [4.69, 9.17) is 5.73 Å². The summed E-state index contributed by atoms with van der Waals surface area (Å²) in [4.78, 5) is 54.7. The summed E-state index contributed by atoms with van der Waals surface area (Å²) in [5.74, 6) is -3.23. The van der Waals surface area contributed by atoms with Crippen LogP contribution >= 0.6 is 12.6 Å². The third kappa shape index (κ3) is 7.74. The van der Waals surface area contributed by atoms with Crippen LogP contribution in [-0.4, -0.2) is 68.7 Å². The predicted molar refractivity (Wildman–Crippen MR) is 108 cm³/mol. The van der Waals surface area contributed by atoms with Crippen LogP contribution in [0, 0.1) is 5.92 Å². The third-order valence-electron chi connectivity index (χ3n) is 4.18. The first-order chi connectivity index (χ1) is 13.6. The zero-order valence-corrected chi connectivity index (χ0v) is 17.4. The Morgan fingerprint density at radius 1 is 1.10 bits per heavy atom. The maximum absolute atomic E-state index is 12.4. The fourth-order valence-electron chi connectivity index (χ4n) is 2.26. The number of nitrogens with two attached hydrogens (primary N) is 1. The zero-order chi connectivity index (χ0) is 22.1. The van der Waals surface area contributed by atoms with Crippen LogP contribution in [0.5, 0.6) is 0 Å². The fraction of sp³-hybridized carbons (Fsp3) is 0.588. The lowest BCUT2D eigenvalue weighted by Crippen LogP contribution is -2.57. The SMILES string of the molecule is CC(NC(=O)C(N)C(C)C)C(=O)NC(CS)C(=O)NC(Cc1cnc[nH]1)C(=O)O. The molecule has 0 radical (unpaired) electrons. The van der Waals surface area contributed by atoms with E-state index in [0.717, 1.165) is 0 Å². The average molecular weight is 429 g/mol. The lowest BCUT2D eigenvalue weighted by molar-refractivity contribution is -0.142. The van der Waals surface area contributed by atoms with Crippen molar-refractivity contribution in [2.24, 2.45) is 11.7 Å². The molecule has 0 aliphatic heterocycles. The van der Waals surface area contributed by atoms with E-state index in [9.17, 15) is 24.3 Å². The Kier molecular flexibility index (Phi) is 9.62. The molecule has 11 nitrogen and oxygen atoms in total. The molecule has 162 valence electrons. The number of amides is 3. The Morgan fingerprint density at radius 3 is 2.21 bits per heavy atom. The van der Waals surface area contributed by atoms with Crippen molar-refractivity contribution in [1.82, 2.24) is 25.9 Å². The van der Waals surface area contributed by atoms with Crippen molar-refractivity contribution >= 4 is 36.3 Å². The number of imidazole rings is 1. The number of thiol groups is 1. The molecule has 3 amide bonds. The van der Waals surface area contributed by atoms with Gasteiger partial charge in [-0.15, -0.1) is 0 Å². The van der Waals surface area contributed by atoms with E-state index in [1.165, 1.54) is 19.4 Å². The van der Waals surface area contributed by atoms with E-state index in [1.807, 2.05) is 0 Å². The lowest BCUT2D eigenvalue weighted by atomic mass is 10.0. The van der Waals surface area contributed by atoms with E-state index in [1.54, 1.807) is 13.8 Å². The van der Waals surface area contributed by atoms with E-state index >= 15 is 0 Å². The van der Waals surface area contributed by atoms with Gasteiger partial charge >= 0.3 is 5.97 Å². The van der Waals surface area contributed by atoms with Gasteiger partial charge in [0.25, 0.3) is 0 Å². The Hall–Kier alpha value is -2.60. The number of hydrogen-bond donors (Lipinski definition) is 7. The van der Waals surface area contributed by atoms with Gasteiger partial charge in [0.15, 0.2) is 0 Å². The Balaban J connectivity index is 2.67. The first-order valence-electron chi connectivity index (χ1n) is 9.04. The highest BCUT2D eigenvalue weighted by molar-refractivity contribution is 7.80. The summed E-state index contributed by atoms with van der Waals surface area (Å²) in [7, 11) is 0. The molecule has 0 aromatic carbocycles. The topological polar surface area (TPSA) is 179 Å². The standard InChI is InChI=1S/C17H28N6O5S/c1-8(2)13(18)16(26)21-9(3)14(24)23-12(6-29)15(25)22-11(17(27)28)4-10-5-19-7-20-10/h5,7-9,11-13,29H,4,6,18H2,1-3H3,(H,19,20)(H,21,26)(H,22,25)(H,23,24)(H,27,28). The minimum atomic E-state index is -1.24. The van der Waals surface area contributed by atoms with Gasteiger partial charge in [-0.1, -0.05) is 13.8 Å². The molecule has 0 saturated heterocycles. The highest BCUT2D eigenvalue weighted by Gasteiger charge is 2.28. The summed E-state index contributed by atoms with van der Waals surface area (Å²) in [5.41, 5.74) is 6.27. The van der Waals surface area contributed by atoms with Crippen LogP contribution in [0.3, 0.4) is 0 Å². The van der Waals surface area contributed by atoms with Crippen molar-refractivity contribution < 1.29 is 24.3 Å². The van der Waals surface area contributed by atoms with Gasteiger partial charge < -0.3 is 31.8 Å². The molecule has 1 heterocycles. The molecule has 12 heteroatoms. The van der Waals surface area contributed by atoms with Crippen molar-refractivity contribution in [3.05, 3.63) is 18.2 Å².